The Morgan fingerprint density at radius 2 is 2.10 bits per heavy atom. The van der Waals surface area contributed by atoms with Crippen LogP contribution in [0.3, 0.4) is 0 Å². The first-order valence-electron chi connectivity index (χ1n) is 9.75. The molecule has 10 nitrogen and oxygen atoms in total. The number of fused-ring (bicyclic) bond motifs is 1. The highest BCUT2D eigenvalue weighted by Crippen LogP contribution is 2.37. The highest BCUT2D eigenvalue weighted by molar-refractivity contribution is 5.98. The summed E-state index contributed by atoms with van der Waals surface area (Å²) in [6.07, 6.45) is 2.49. The molecule has 1 amide bonds. The maximum Gasteiger partial charge on any atom is 0.287 e. The van der Waals surface area contributed by atoms with Gasteiger partial charge in [-0.3, -0.25) is 4.79 Å². The minimum atomic E-state index is -1.20. The smallest absolute Gasteiger partial charge is 0.287 e. The van der Waals surface area contributed by atoms with Gasteiger partial charge in [-0.25, -0.2) is 9.02 Å². The van der Waals surface area contributed by atoms with E-state index in [0.29, 0.717) is 32.1 Å². The van der Waals surface area contributed by atoms with Gasteiger partial charge >= 0.3 is 0 Å². The Morgan fingerprint density at radius 1 is 1.30 bits per heavy atom. The van der Waals surface area contributed by atoms with Crippen LogP contribution in [0, 0.1) is 5.82 Å². The summed E-state index contributed by atoms with van der Waals surface area (Å²) in [6.45, 7) is 0. The number of hydrogen-bond donors (Lipinski definition) is 4. The van der Waals surface area contributed by atoms with E-state index < -0.39 is 5.60 Å². The number of hydrogen-bond acceptors (Lipinski definition) is 8. The molecule has 1 aromatic heterocycles. The minimum Gasteiger partial charge on any atom is -0.470 e. The van der Waals surface area contributed by atoms with Crippen molar-refractivity contribution in [2.45, 2.75) is 55.9 Å². The number of aliphatic hydroxyl groups is 1. The Bertz CT molecular complexity index is 1010. The summed E-state index contributed by atoms with van der Waals surface area (Å²) in [6, 6.07) is 4.25. The van der Waals surface area contributed by atoms with Crippen LogP contribution in [0.15, 0.2) is 28.0 Å². The van der Waals surface area contributed by atoms with Gasteiger partial charge in [-0.2, -0.15) is 0 Å². The molecule has 3 aliphatic rings. The molecule has 5 rings (SSSR count). The number of rotatable bonds is 6. The van der Waals surface area contributed by atoms with Crippen molar-refractivity contribution in [3.05, 3.63) is 40.8 Å². The molecule has 4 N–H and O–H groups in total. The van der Waals surface area contributed by atoms with Crippen LogP contribution >= 0.6 is 0 Å². The highest BCUT2D eigenvalue weighted by atomic mass is 19.1. The molecule has 1 aromatic carbocycles. The molecular weight excluding hydrogens is 397 g/mol. The van der Waals surface area contributed by atoms with Crippen LogP contribution in [0.4, 0.5) is 4.39 Å². The standard InChI is InChI=1S/C19H20FN5O5/c20-10-2-1-9-5-14(13(9)6-10)22-16(23-28)15-17(25-30-24-15)29-12-7-11(8-12)21-18(26)19(27)3-4-19/h1-2,6,11-12,14,27-28H,3-5,7-8H2,(H,21,26)(H,22,23)/t11-,12+,14-/m0/s1. The fourth-order valence-corrected chi connectivity index (χ4v) is 3.72. The first-order chi connectivity index (χ1) is 14.4. The third-order valence-electron chi connectivity index (χ3n) is 5.86. The molecule has 0 spiro atoms. The first-order valence-corrected chi connectivity index (χ1v) is 9.75. The molecule has 11 heteroatoms. The van der Waals surface area contributed by atoms with Gasteiger partial charge < -0.3 is 25.7 Å². The van der Waals surface area contributed by atoms with Crippen LogP contribution < -0.4 is 15.4 Å². The molecule has 0 aliphatic heterocycles. The summed E-state index contributed by atoms with van der Waals surface area (Å²) >= 11 is 0. The molecule has 2 fully saturated rings. The molecule has 0 bridgehead atoms. The van der Waals surface area contributed by atoms with Crippen molar-refractivity contribution in [2.24, 2.45) is 5.16 Å². The Labute approximate surface area is 170 Å². The van der Waals surface area contributed by atoms with Crippen LogP contribution in [0.5, 0.6) is 5.88 Å². The zero-order valence-corrected chi connectivity index (χ0v) is 15.8. The molecule has 1 heterocycles. The van der Waals surface area contributed by atoms with Crippen molar-refractivity contribution in [1.82, 2.24) is 20.9 Å². The lowest BCUT2D eigenvalue weighted by Crippen LogP contribution is -2.52. The molecule has 0 unspecified atom stereocenters. The molecule has 30 heavy (non-hydrogen) atoms. The zero-order valence-electron chi connectivity index (χ0n) is 15.8. The number of carbonyl (C=O) groups excluding carboxylic acids is 1. The van der Waals surface area contributed by atoms with Gasteiger partial charge in [-0.05, 0) is 52.8 Å². The van der Waals surface area contributed by atoms with E-state index in [0.717, 1.165) is 11.1 Å². The molecule has 2 aromatic rings. The molecule has 3 aliphatic carbocycles. The number of nitrogens with one attached hydrogen (secondary N) is 2. The summed E-state index contributed by atoms with van der Waals surface area (Å²) in [5.74, 6) is -0.614. The fourth-order valence-electron chi connectivity index (χ4n) is 3.72. The molecule has 1 atom stereocenters. The van der Waals surface area contributed by atoms with E-state index in [1.165, 1.54) is 12.1 Å². The Hall–Kier alpha value is -3.21. The summed E-state index contributed by atoms with van der Waals surface area (Å²) in [7, 11) is 0. The predicted molar refractivity (Wildman–Crippen MR) is 98.4 cm³/mol. The number of ether oxygens (including phenoxy) is 1. The maximum atomic E-state index is 13.5. The van der Waals surface area contributed by atoms with Gasteiger partial charge in [0, 0.05) is 18.9 Å². The van der Waals surface area contributed by atoms with Crippen molar-refractivity contribution >= 4 is 11.7 Å². The highest BCUT2D eigenvalue weighted by Gasteiger charge is 2.49. The zero-order chi connectivity index (χ0) is 20.9. The number of benzene rings is 1. The van der Waals surface area contributed by atoms with Gasteiger partial charge in [0.2, 0.25) is 11.5 Å². The van der Waals surface area contributed by atoms with Gasteiger partial charge in [0.25, 0.3) is 11.8 Å². The molecule has 0 saturated heterocycles. The second kappa shape index (κ2) is 6.94. The third kappa shape index (κ3) is 3.34. The van der Waals surface area contributed by atoms with E-state index in [-0.39, 0.29) is 47.3 Å². The second-order valence-corrected chi connectivity index (χ2v) is 8.02. The largest absolute Gasteiger partial charge is 0.470 e. The van der Waals surface area contributed by atoms with E-state index in [2.05, 4.69) is 26.1 Å². The maximum absolute atomic E-state index is 13.5. The summed E-state index contributed by atoms with van der Waals surface area (Å²) in [4.78, 5) is 11.9. The van der Waals surface area contributed by atoms with Crippen molar-refractivity contribution in [1.29, 1.82) is 0 Å². The molecule has 2 saturated carbocycles. The van der Waals surface area contributed by atoms with E-state index in [9.17, 15) is 19.5 Å². The van der Waals surface area contributed by atoms with E-state index in [4.69, 9.17) is 9.37 Å². The van der Waals surface area contributed by atoms with E-state index >= 15 is 0 Å². The Balaban J connectivity index is 1.18. The minimum absolute atomic E-state index is 0.00583. The van der Waals surface area contributed by atoms with Crippen LogP contribution in [-0.2, 0) is 11.2 Å². The van der Waals surface area contributed by atoms with Gasteiger partial charge in [-0.1, -0.05) is 11.2 Å². The van der Waals surface area contributed by atoms with Crippen LogP contribution in [-0.4, -0.2) is 50.1 Å². The van der Waals surface area contributed by atoms with E-state index in [1.54, 1.807) is 6.07 Å². The average molecular weight is 417 g/mol. The van der Waals surface area contributed by atoms with Gasteiger partial charge in [-0.15, -0.1) is 0 Å². The number of aromatic nitrogens is 2. The van der Waals surface area contributed by atoms with Gasteiger partial charge in [0.05, 0.1) is 6.04 Å². The lowest BCUT2D eigenvalue weighted by atomic mass is 9.83. The fraction of sp³-hybridized carbons (Fsp3) is 0.474. The number of amidine groups is 1. The molecular formula is C19H20FN5O5. The van der Waals surface area contributed by atoms with Gasteiger partial charge in [0.1, 0.15) is 17.5 Å². The number of amides is 1. The normalized spacial score (nSPS) is 26.1. The van der Waals surface area contributed by atoms with Gasteiger partial charge in [0.15, 0.2) is 0 Å². The van der Waals surface area contributed by atoms with Crippen LogP contribution in [0.2, 0.25) is 0 Å². The van der Waals surface area contributed by atoms with Crippen molar-refractivity contribution < 1.29 is 28.9 Å². The molecule has 0 radical (unpaired) electrons. The SMILES string of the molecule is O=C(N[C@H]1C[C@@H](Oc2nonc2/C(=N/O)N[C@H]2Cc3ccc(F)cc32)C1)C1(O)CC1. The monoisotopic (exact) mass is 417 g/mol. The number of nitrogens with zero attached hydrogens (tertiary/aromatic N) is 3. The van der Waals surface area contributed by atoms with Crippen molar-refractivity contribution in [3.8, 4) is 5.88 Å². The lowest BCUT2D eigenvalue weighted by molar-refractivity contribution is -0.133. The summed E-state index contributed by atoms with van der Waals surface area (Å²) in [5, 5.41) is 35.7. The third-order valence-corrected chi connectivity index (χ3v) is 5.86. The van der Waals surface area contributed by atoms with Crippen molar-refractivity contribution in [3.63, 3.8) is 0 Å². The lowest BCUT2D eigenvalue weighted by Gasteiger charge is -2.35. The average Bonchev–Trinajstić information content (AvgIpc) is 3.28. The molecule has 158 valence electrons. The quantitative estimate of drug-likeness (QED) is 0.234. The van der Waals surface area contributed by atoms with Crippen LogP contribution in [0.1, 0.15) is 48.5 Å². The number of carbonyl (C=O) groups is 1. The van der Waals surface area contributed by atoms with Crippen LogP contribution in [0.25, 0.3) is 0 Å². The number of oxime groups is 1. The summed E-state index contributed by atoms with van der Waals surface area (Å²) < 4.78 is 24.0. The number of halogens is 1. The Kier molecular flexibility index (Phi) is 4.35. The first kappa shape index (κ1) is 18.8. The Morgan fingerprint density at radius 3 is 2.83 bits per heavy atom. The second-order valence-electron chi connectivity index (χ2n) is 8.02. The summed E-state index contributed by atoms with van der Waals surface area (Å²) in [5.41, 5.74) is 0.697. The van der Waals surface area contributed by atoms with E-state index in [1.807, 2.05) is 0 Å². The topological polar surface area (TPSA) is 142 Å². The predicted octanol–water partition coefficient (Wildman–Crippen LogP) is 0.782. The van der Waals surface area contributed by atoms with Crippen molar-refractivity contribution in [2.75, 3.05) is 0 Å².